The fourth-order valence-corrected chi connectivity index (χ4v) is 3.84. The Kier molecular flexibility index (Phi) is 8.21. The number of aryl methyl sites for hydroxylation is 1. The molecule has 35 heavy (non-hydrogen) atoms. The molecule has 1 aromatic carbocycles. The summed E-state index contributed by atoms with van der Waals surface area (Å²) in [5, 5.41) is 35.6. The Morgan fingerprint density at radius 2 is 1.89 bits per heavy atom. The van der Waals surface area contributed by atoms with E-state index in [2.05, 4.69) is 25.6 Å². The molecule has 1 aliphatic rings. The molecule has 188 valence electrons. The van der Waals surface area contributed by atoms with Crippen molar-refractivity contribution in [2.24, 2.45) is 0 Å². The number of benzene rings is 1. The predicted octanol–water partition coefficient (Wildman–Crippen LogP) is -0.466. The molecule has 0 aliphatic carbocycles. The van der Waals surface area contributed by atoms with Gasteiger partial charge in [0, 0.05) is 13.1 Å². The van der Waals surface area contributed by atoms with Crippen molar-refractivity contribution in [2.45, 2.75) is 37.9 Å². The minimum Gasteiger partial charge on any atom is -0.394 e. The zero-order valence-electron chi connectivity index (χ0n) is 19.4. The van der Waals surface area contributed by atoms with Gasteiger partial charge in [0.2, 0.25) is 5.91 Å². The molecule has 12 nitrogen and oxygen atoms in total. The van der Waals surface area contributed by atoms with Crippen molar-refractivity contribution >= 4 is 22.9 Å². The monoisotopic (exact) mass is 486 g/mol. The Morgan fingerprint density at radius 1 is 1.11 bits per heavy atom. The zero-order chi connectivity index (χ0) is 24.8. The van der Waals surface area contributed by atoms with Crippen LogP contribution in [0.15, 0.2) is 36.9 Å². The average molecular weight is 487 g/mol. The number of hydrogen-bond acceptors (Lipinski definition) is 10. The summed E-state index contributed by atoms with van der Waals surface area (Å²) in [4.78, 5) is 24.8. The molecule has 0 bridgehead atoms. The molecule has 2 aromatic heterocycles. The van der Waals surface area contributed by atoms with E-state index >= 15 is 0 Å². The lowest BCUT2D eigenvalue weighted by molar-refractivity contribution is -0.120. The van der Waals surface area contributed by atoms with Crippen LogP contribution in [0.2, 0.25) is 0 Å². The molecule has 12 heteroatoms. The van der Waals surface area contributed by atoms with Crippen LogP contribution in [0.5, 0.6) is 0 Å². The van der Waals surface area contributed by atoms with E-state index in [9.17, 15) is 20.1 Å². The lowest BCUT2D eigenvalue weighted by Crippen LogP contribution is -2.33. The van der Waals surface area contributed by atoms with Gasteiger partial charge in [-0.05, 0) is 12.5 Å². The number of carbonyl (C=O) groups excluding carboxylic acids is 1. The normalized spacial score (nSPS) is 21.9. The number of nitrogens with one attached hydrogen (secondary N) is 2. The molecule has 1 aliphatic heterocycles. The largest absolute Gasteiger partial charge is 0.394 e. The quantitative estimate of drug-likeness (QED) is 0.224. The van der Waals surface area contributed by atoms with Gasteiger partial charge in [-0.2, -0.15) is 0 Å². The summed E-state index contributed by atoms with van der Waals surface area (Å²) in [5.41, 5.74) is 3.00. The molecule has 5 N–H and O–H groups in total. The van der Waals surface area contributed by atoms with Crippen LogP contribution in [0.25, 0.3) is 11.2 Å². The number of aliphatic hydroxyl groups excluding tert-OH is 3. The van der Waals surface area contributed by atoms with Gasteiger partial charge in [0.05, 0.1) is 32.6 Å². The van der Waals surface area contributed by atoms with Crippen molar-refractivity contribution in [1.82, 2.24) is 24.8 Å². The highest BCUT2D eigenvalue weighted by Gasteiger charge is 2.44. The van der Waals surface area contributed by atoms with E-state index in [0.717, 1.165) is 11.1 Å². The fraction of sp³-hybridized carbons (Fsp3) is 0.478. The van der Waals surface area contributed by atoms with Gasteiger partial charge in [-0.3, -0.25) is 9.36 Å². The first-order chi connectivity index (χ1) is 17.0. The van der Waals surface area contributed by atoms with Crippen molar-refractivity contribution < 1.29 is 29.6 Å². The first kappa shape index (κ1) is 24.9. The number of imidazole rings is 1. The molecule has 4 rings (SSSR count). The summed E-state index contributed by atoms with van der Waals surface area (Å²) in [5.74, 6) is 0.430. The number of hydrogen-bond donors (Lipinski definition) is 5. The summed E-state index contributed by atoms with van der Waals surface area (Å²) in [7, 11) is 0. The van der Waals surface area contributed by atoms with Gasteiger partial charge in [0.1, 0.15) is 24.6 Å². The minimum absolute atomic E-state index is 0.0521. The van der Waals surface area contributed by atoms with E-state index in [1.807, 2.05) is 31.2 Å². The van der Waals surface area contributed by atoms with Crippen molar-refractivity contribution in [3.05, 3.63) is 48.0 Å². The lowest BCUT2D eigenvalue weighted by Gasteiger charge is -2.16. The maximum absolute atomic E-state index is 12.0. The summed E-state index contributed by atoms with van der Waals surface area (Å²) in [6, 6.07) is 7.86. The molecule has 3 heterocycles. The second-order valence-electron chi connectivity index (χ2n) is 8.33. The third-order valence-corrected chi connectivity index (χ3v) is 5.74. The van der Waals surface area contributed by atoms with Crippen LogP contribution >= 0.6 is 0 Å². The number of amides is 1. The summed E-state index contributed by atoms with van der Waals surface area (Å²) >= 11 is 0. The van der Waals surface area contributed by atoms with Crippen LogP contribution in [-0.2, 0) is 20.7 Å². The number of anilines is 1. The summed E-state index contributed by atoms with van der Waals surface area (Å²) in [6.45, 7) is 3.21. The van der Waals surface area contributed by atoms with Crippen molar-refractivity contribution in [2.75, 3.05) is 38.2 Å². The second-order valence-corrected chi connectivity index (χ2v) is 8.33. The van der Waals surface area contributed by atoms with Gasteiger partial charge in [-0.15, -0.1) is 0 Å². The van der Waals surface area contributed by atoms with Crippen LogP contribution in [0.1, 0.15) is 17.4 Å². The molecule has 0 radical (unpaired) electrons. The van der Waals surface area contributed by atoms with Crippen LogP contribution in [0, 0.1) is 6.92 Å². The first-order valence-electron chi connectivity index (χ1n) is 11.4. The Balaban J connectivity index is 1.21. The number of rotatable bonds is 11. The average Bonchev–Trinajstić information content (AvgIpc) is 3.41. The third-order valence-electron chi connectivity index (χ3n) is 5.74. The van der Waals surface area contributed by atoms with Crippen LogP contribution in [0.4, 0.5) is 5.82 Å². The van der Waals surface area contributed by atoms with E-state index in [1.165, 1.54) is 17.2 Å². The van der Waals surface area contributed by atoms with E-state index < -0.39 is 31.1 Å². The SMILES string of the molecule is Cc1ccc(CC(=O)NCCOCCNc2ncnc3c2ncn3[C@@H]2O[C@H](CO)[C@@H](O)[C@H]2O)cc1. The summed E-state index contributed by atoms with van der Waals surface area (Å²) < 4.78 is 12.6. The Morgan fingerprint density at radius 3 is 2.63 bits per heavy atom. The Hall–Kier alpha value is -3.16. The van der Waals surface area contributed by atoms with Gasteiger partial charge >= 0.3 is 0 Å². The molecule has 4 atom stereocenters. The minimum atomic E-state index is -1.23. The number of aliphatic hydroxyl groups is 3. The van der Waals surface area contributed by atoms with Crippen LogP contribution < -0.4 is 10.6 Å². The fourth-order valence-electron chi connectivity index (χ4n) is 3.84. The molecule has 0 spiro atoms. The Bertz CT molecular complexity index is 1120. The van der Waals surface area contributed by atoms with Gasteiger partial charge in [0.25, 0.3) is 0 Å². The van der Waals surface area contributed by atoms with E-state index in [0.29, 0.717) is 49.7 Å². The number of ether oxygens (including phenoxy) is 2. The van der Waals surface area contributed by atoms with Gasteiger partial charge in [-0.25, -0.2) is 15.0 Å². The highest BCUT2D eigenvalue weighted by molar-refractivity contribution is 5.82. The molecule has 1 fully saturated rings. The molecule has 1 saturated heterocycles. The number of aromatic nitrogens is 4. The first-order valence-corrected chi connectivity index (χ1v) is 11.4. The molecule has 0 saturated carbocycles. The molecular weight excluding hydrogens is 456 g/mol. The molecule has 0 unspecified atom stereocenters. The highest BCUT2D eigenvalue weighted by Crippen LogP contribution is 2.32. The maximum Gasteiger partial charge on any atom is 0.224 e. The van der Waals surface area contributed by atoms with Crippen molar-refractivity contribution in [3.63, 3.8) is 0 Å². The second kappa shape index (κ2) is 11.5. The highest BCUT2D eigenvalue weighted by atomic mass is 16.6. The summed E-state index contributed by atoms with van der Waals surface area (Å²) in [6.07, 6.45) is -1.14. The van der Waals surface area contributed by atoms with Gasteiger partial charge < -0.3 is 35.4 Å². The van der Waals surface area contributed by atoms with Crippen LogP contribution in [-0.4, -0.2) is 92.0 Å². The smallest absolute Gasteiger partial charge is 0.224 e. The molecule has 1 amide bonds. The van der Waals surface area contributed by atoms with E-state index in [4.69, 9.17) is 9.47 Å². The van der Waals surface area contributed by atoms with Crippen molar-refractivity contribution in [1.29, 1.82) is 0 Å². The third kappa shape index (κ3) is 5.92. The van der Waals surface area contributed by atoms with E-state index in [1.54, 1.807) is 0 Å². The van der Waals surface area contributed by atoms with Gasteiger partial charge in [0.15, 0.2) is 23.2 Å². The number of fused-ring (bicyclic) bond motifs is 1. The predicted molar refractivity (Wildman–Crippen MR) is 126 cm³/mol. The molecular formula is C23H30N6O6. The number of nitrogens with zero attached hydrogens (tertiary/aromatic N) is 4. The van der Waals surface area contributed by atoms with E-state index in [-0.39, 0.29) is 5.91 Å². The standard InChI is InChI=1S/C23H30N6O6/c1-14-2-4-15(5-3-14)10-17(31)24-6-8-34-9-7-25-21-18-22(27-12-26-21)29(13-28-18)23-20(33)19(32)16(11-30)35-23/h2-5,12-13,16,19-20,23,30,32-33H,6-11H2,1H3,(H,24,31)(H,25,26,27)/t16-,19-,20-,23-/m1/s1. The Labute approximate surface area is 201 Å². The van der Waals surface area contributed by atoms with Crippen molar-refractivity contribution in [3.8, 4) is 0 Å². The molecule has 3 aromatic rings. The zero-order valence-corrected chi connectivity index (χ0v) is 19.4. The van der Waals surface area contributed by atoms with Gasteiger partial charge in [-0.1, -0.05) is 29.8 Å². The lowest BCUT2D eigenvalue weighted by atomic mass is 10.1. The number of carbonyl (C=O) groups is 1. The van der Waals surface area contributed by atoms with Crippen LogP contribution in [0.3, 0.4) is 0 Å². The maximum atomic E-state index is 12.0. The topological polar surface area (TPSA) is 164 Å².